The number of cyclic esters (lactones) is 1. The molecule has 2 aromatic carbocycles. The molecule has 2 aromatic rings. The molecule has 1 aliphatic heterocycles. The minimum atomic E-state index is -0.198. The largest absolute Gasteiger partial charge is 0.497 e. The molecule has 0 amide bonds. The van der Waals surface area contributed by atoms with Crippen molar-refractivity contribution in [1.82, 2.24) is 0 Å². The van der Waals surface area contributed by atoms with Crippen molar-refractivity contribution >= 4 is 23.3 Å². The summed E-state index contributed by atoms with van der Waals surface area (Å²) in [6.07, 6.45) is 0.772. The lowest BCUT2D eigenvalue weighted by Crippen LogP contribution is -2.18. The third-order valence-corrected chi connectivity index (χ3v) is 4.80. The molecule has 3 nitrogen and oxygen atoms in total. The smallest absolute Gasteiger partial charge is 0.335 e. The average molecular weight is 326 g/mol. The molecule has 4 heteroatoms. The zero-order valence-corrected chi connectivity index (χ0v) is 13.8. The van der Waals surface area contributed by atoms with Gasteiger partial charge in [-0.3, -0.25) is 0 Å². The van der Waals surface area contributed by atoms with Crippen molar-refractivity contribution in [2.24, 2.45) is 0 Å². The van der Waals surface area contributed by atoms with Crippen LogP contribution >= 0.6 is 11.8 Å². The number of ether oxygens (including phenoxy) is 2. The summed E-state index contributed by atoms with van der Waals surface area (Å²) >= 11 is 1.63. The number of hydrogen-bond donors (Lipinski definition) is 0. The van der Waals surface area contributed by atoms with Crippen molar-refractivity contribution in [3.63, 3.8) is 0 Å². The Kier molecular flexibility index (Phi) is 5.03. The Bertz CT molecular complexity index is 705. The summed E-state index contributed by atoms with van der Waals surface area (Å²) in [6.45, 7) is 0.458. The third-order valence-electron chi connectivity index (χ3n) is 3.76. The first-order valence-corrected chi connectivity index (χ1v) is 8.48. The van der Waals surface area contributed by atoms with Gasteiger partial charge in [0.05, 0.1) is 19.3 Å². The van der Waals surface area contributed by atoms with Gasteiger partial charge in [0.2, 0.25) is 0 Å². The van der Waals surface area contributed by atoms with Crippen LogP contribution in [0.4, 0.5) is 0 Å². The highest BCUT2D eigenvalue weighted by Crippen LogP contribution is 2.31. The molecule has 0 spiro atoms. The van der Waals surface area contributed by atoms with Gasteiger partial charge < -0.3 is 9.47 Å². The molecule has 3 rings (SSSR count). The molecule has 0 radical (unpaired) electrons. The highest BCUT2D eigenvalue weighted by molar-refractivity contribution is 7.99. The van der Waals surface area contributed by atoms with E-state index in [9.17, 15) is 4.79 Å². The van der Waals surface area contributed by atoms with E-state index in [4.69, 9.17) is 9.47 Å². The number of methoxy groups -OCH3 is 1. The number of thioether (sulfide) groups is 1. The quantitative estimate of drug-likeness (QED) is 0.610. The van der Waals surface area contributed by atoms with E-state index in [1.807, 2.05) is 54.6 Å². The Labute approximate surface area is 140 Å². The first-order chi connectivity index (χ1) is 11.3. The van der Waals surface area contributed by atoms with Crippen LogP contribution in [0.3, 0.4) is 0 Å². The normalized spacial score (nSPS) is 14.6. The van der Waals surface area contributed by atoms with E-state index in [2.05, 4.69) is 0 Å². The lowest BCUT2D eigenvalue weighted by molar-refractivity contribution is -0.139. The number of rotatable bonds is 5. The molecular weight excluding hydrogens is 308 g/mol. The Hall–Kier alpha value is -2.20. The van der Waals surface area contributed by atoms with E-state index in [1.165, 1.54) is 0 Å². The van der Waals surface area contributed by atoms with E-state index in [-0.39, 0.29) is 5.97 Å². The summed E-state index contributed by atoms with van der Waals surface area (Å²) in [5, 5.41) is 0. The molecule has 0 fully saturated rings. The van der Waals surface area contributed by atoms with Crippen molar-refractivity contribution < 1.29 is 14.3 Å². The summed E-state index contributed by atoms with van der Waals surface area (Å²) in [5.74, 6) is 1.24. The predicted octanol–water partition coefficient (Wildman–Crippen LogP) is 4.19. The van der Waals surface area contributed by atoms with Crippen LogP contribution in [0, 0.1) is 0 Å². The van der Waals surface area contributed by atoms with Gasteiger partial charge in [-0.15, -0.1) is 11.8 Å². The maximum Gasteiger partial charge on any atom is 0.335 e. The van der Waals surface area contributed by atoms with Crippen LogP contribution in [0.15, 0.2) is 65.1 Å². The number of hydrogen-bond acceptors (Lipinski definition) is 4. The Balaban J connectivity index is 1.81. The fraction of sp³-hybridized carbons (Fsp3) is 0.211. The average Bonchev–Trinajstić information content (AvgIpc) is 2.62. The molecule has 0 aliphatic carbocycles. The number of benzene rings is 2. The van der Waals surface area contributed by atoms with Gasteiger partial charge in [-0.1, -0.05) is 30.3 Å². The van der Waals surface area contributed by atoms with Crippen molar-refractivity contribution in [2.75, 3.05) is 19.5 Å². The van der Waals surface area contributed by atoms with Gasteiger partial charge in [0.1, 0.15) is 5.75 Å². The molecule has 0 N–H and O–H groups in total. The monoisotopic (exact) mass is 326 g/mol. The molecule has 0 aromatic heterocycles. The SMILES string of the molecule is COc1ccc(SCC2=C(c3ccccc3)CCOC2=O)cc1. The molecule has 0 atom stereocenters. The van der Waals surface area contributed by atoms with Gasteiger partial charge in [-0.05, 0) is 35.4 Å². The van der Waals surface area contributed by atoms with Gasteiger partial charge in [0.25, 0.3) is 0 Å². The standard InChI is InChI=1S/C19H18O3S/c1-21-15-7-9-16(10-8-15)23-13-18-17(11-12-22-19(18)20)14-5-3-2-4-6-14/h2-10H,11-13H2,1H3. The van der Waals surface area contributed by atoms with Gasteiger partial charge in [-0.2, -0.15) is 0 Å². The van der Waals surface area contributed by atoms with Crippen LogP contribution in [0.1, 0.15) is 12.0 Å². The molecule has 23 heavy (non-hydrogen) atoms. The van der Waals surface area contributed by atoms with Crippen molar-refractivity contribution in [3.8, 4) is 5.75 Å². The second kappa shape index (κ2) is 7.38. The van der Waals surface area contributed by atoms with Crippen LogP contribution in [-0.2, 0) is 9.53 Å². The third kappa shape index (κ3) is 3.77. The fourth-order valence-corrected chi connectivity index (χ4v) is 3.47. The Morgan fingerprint density at radius 3 is 2.52 bits per heavy atom. The van der Waals surface area contributed by atoms with Crippen LogP contribution in [0.5, 0.6) is 5.75 Å². The summed E-state index contributed by atoms with van der Waals surface area (Å²) in [6, 6.07) is 17.9. The summed E-state index contributed by atoms with van der Waals surface area (Å²) in [4.78, 5) is 13.3. The summed E-state index contributed by atoms with van der Waals surface area (Å²) in [7, 11) is 1.65. The van der Waals surface area contributed by atoms with E-state index >= 15 is 0 Å². The number of esters is 1. The molecule has 0 saturated carbocycles. The predicted molar refractivity (Wildman–Crippen MR) is 92.7 cm³/mol. The van der Waals surface area contributed by atoms with Gasteiger partial charge >= 0.3 is 5.97 Å². The Morgan fingerprint density at radius 2 is 1.83 bits per heavy atom. The molecule has 118 valence electrons. The van der Waals surface area contributed by atoms with Crippen LogP contribution in [-0.4, -0.2) is 25.4 Å². The molecule has 0 bridgehead atoms. The minimum Gasteiger partial charge on any atom is -0.497 e. The summed E-state index contributed by atoms with van der Waals surface area (Å²) in [5.41, 5.74) is 2.97. The van der Waals surface area contributed by atoms with E-state index in [0.717, 1.165) is 33.8 Å². The van der Waals surface area contributed by atoms with Crippen LogP contribution in [0.2, 0.25) is 0 Å². The van der Waals surface area contributed by atoms with E-state index in [0.29, 0.717) is 12.4 Å². The first kappa shape index (κ1) is 15.7. The maximum absolute atomic E-state index is 12.2. The van der Waals surface area contributed by atoms with E-state index in [1.54, 1.807) is 18.9 Å². The molecule has 0 saturated heterocycles. The summed E-state index contributed by atoms with van der Waals surface area (Å²) < 4.78 is 10.4. The second-order valence-corrected chi connectivity index (χ2v) is 6.22. The van der Waals surface area contributed by atoms with Crippen LogP contribution < -0.4 is 4.74 Å². The van der Waals surface area contributed by atoms with Crippen LogP contribution in [0.25, 0.3) is 5.57 Å². The number of carbonyl (C=O) groups is 1. The molecular formula is C19H18O3S. The first-order valence-electron chi connectivity index (χ1n) is 7.49. The molecule has 1 aliphatic rings. The molecule has 1 heterocycles. The highest BCUT2D eigenvalue weighted by atomic mass is 32.2. The zero-order chi connectivity index (χ0) is 16.1. The van der Waals surface area contributed by atoms with E-state index < -0.39 is 0 Å². The van der Waals surface area contributed by atoms with Gasteiger partial charge in [0, 0.05) is 17.1 Å². The lowest BCUT2D eigenvalue weighted by Gasteiger charge is -2.20. The fourth-order valence-electron chi connectivity index (χ4n) is 2.54. The van der Waals surface area contributed by atoms with Crippen molar-refractivity contribution in [1.29, 1.82) is 0 Å². The topological polar surface area (TPSA) is 35.5 Å². The minimum absolute atomic E-state index is 0.198. The zero-order valence-electron chi connectivity index (χ0n) is 13.0. The van der Waals surface area contributed by atoms with Crippen molar-refractivity contribution in [3.05, 3.63) is 65.7 Å². The van der Waals surface area contributed by atoms with Gasteiger partial charge in [0.15, 0.2) is 0 Å². The maximum atomic E-state index is 12.2. The van der Waals surface area contributed by atoms with Gasteiger partial charge in [-0.25, -0.2) is 4.79 Å². The molecule has 0 unspecified atom stereocenters. The Morgan fingerprint density at radius 1 is 1.09 bits per heavy atom. The lowest BCUT2D eigenvalue weighted by atomic mass is 9.96. The van der Waals surface area contributed by atoms with Crippen molar-refractivity contribution in [2.45, 2.75) is 11.3 Å². The number of carbonyl (C=O) groups excluding carboxylic acids is 1. The second-order valence-electron chi connectivity index (χ2n) is 5.17. The highest BCUT2D eigenvalue weighted by Gasteiger charge is 2.23.